The van der Waals surface area contributed by atoms with E-state index in [1.165, 1.54) is 6.26 Å². The van der Waals surface area contributed by atoms with Gasteiger partial charge in [0, 0.05) is 42.8 Å². The topological polar surface area (TPSA) is 78.8 Å². The molecule has 0 spiro atoms. The molecule has 1 aliphatic heterocycles. The van der Waals surface area contributed by atoms with Crippen LogP contribution in [0.2, 0.25) is 0 Å². The zero-order valence-electron chi connectivity index (χ0n) is 16.0. The van der Waals surface area contributed by atoms with Gasteiger partial charge in [0.1, 0.15) is 5.75 Å². The normalized spacial score (nSPS) is 14.5. The first-order valence-electron chi connectivity index (χ1n) is 9.32. The molecule has 0 aliphatic carbocycles. The fraction of sp³-hybridized carbons (Fsp3) is 0.333. The summed E-state index contributed by atoms with van der Waals surface area (Å²) in [6, 6.07) is 9.19. The summed E-state index contributed by atoms with van der Waals surface area (Å²) in [6.07, 6.45) is 1.82. The molecule has 1 fully saturated rings. The molecule has 28 heavy (non-hydrogen) atoms. The van der Waals surface area contributed by atoms with E-state index in [1.807, 2.05) is 30.0 Å². The van der Waals surface area contributed by atoms with Crippen molar-refractivity contribution in [1.82, 2.24) is 14.8 Å². The highest BCUT2D eigenvalue weighted by Gasteiger charge is 2.26. The molecule has 2 aromatic heterocycles. The highest BCUT2D eigenvalue weighted by atomic mass is 16.5. The number of furan rings is 1. The van der Waals surface area contributed by atoms with Crippen LogP contribution >= 0.6 is 0 Å². The van der Waals surface area contributed by atoms with Crippen LogP contribution in [0.1, 0.15) is 21.8 Å². The third-order valence-corrected chi connectivity index (χ3v) is 5.31. The maximum absolute atomic E-state index is 12.9. The molecule has 0 saturated carbocycles. The molecular formula is C21H23N3O4. The van der Waals surface area contributed by atoms with Gasteiger partial charge >= 0.3 is 0 Å². The number of carbonyl (C=O) groups excluding carboxylic acids is 2. The van der Waals surface area contributed by atoms with Gasteiger partial charge in [0.2, 0.25) is 5.91 Å². The summed E-state index contributed by atoms with van der Waals surface area (Å²) in [4.78, 5) is 32.1. The number of aromatic amines is 1. The second-order valence-corrected chi connectivity index (χ2v) is 6.97. The number of hydrogen-bond donors (Lipinski definition) is 1. The number of ether oxygens (including phenoxy) is 1. The second kappa shape index (κ2) is 7.42. The lowest BCUT2D eigenvalue weighted by Gasteiger charge is -2.34. The Hall–Kier alpha value is -3.22. The lowest BCUT2D eigenvalue weighted by molar-refractivity contribution is -0.131. The van der Waals surface area contributed by atoms with Gasteiger partial charge in [-0.1, -0.05) is 0 Å². The third-order valence-electron chi connectivity index (χ3n) is 5.31. The Morgan fingerprint density at radius 1 is 1.14 bits per heavy atom. The van der Waals surface area contributed by atoms with Crippen molar-refractivity contribution in [3.05, 3.63) is 53.6 Å². The van der Waals surface area contributed by atoms with Gasteiger partial charge in [0.05, 0.1) is 19.8 Å². The summed E-state index contributed by atoms with van der Waals surface area (Å²) < 4.78 is 10.5. The van der Waals surface area contributed by atoms with E-state index >= 15 is 0 Å². The number of benzene rings is 1. The van der Waals surface area contributed by atoms with E-state index in [4.69, 9.17) is 9.15 Å². The highest BCUT2D eigenvalue weighted by Crippen LogP contribution is 2.27. The molecule has 1 N–H and O–H groups in total. The maximum Gasteiger partial charge on any atom is 0.289 e. The van der Waals surface area contributed by atoms with Crippen molar-refractivity contribution >= 4 is 22.7 Å². The lowest BCUT2D eigenvalue weighted by Crippen LogP contribution is -2.50. The summed E-state index contributed by atoms with van der Waals surface area (Å²) >= 11 is 0. The average Bonchev–Trinajstić information content (AvgIpc) is 3.36. The average molecular weight is 381 g/mol. The highest BCUT2D eigenvalue weighted by molar-refractivity contribution is 5.92. The van der Waals surface area contributed by atoms with Crippen molar-refractivity contribution < 1.29 is 18.7 Å². The molecule has 7 heteroatoms. The Morgan fingerprint density at radius 3 is 2.57 bits per heavy atom. The number of nitrogens with zero attached hydrogens (tertiary/aromatic N) is 2. The van der Waals surface area contributed by atoms with E-state index < -0.39 is 0 Å². The quantitative estimate of drug-likeness (QED) is 0.753. The van der Waals surface area contributed by atoms with Gasteiger partial charge in [0.15, 0.2) is 5.76 Å². The first kappa shape index (κ1) is 18.2. The Balaban J connectivity index is 1.43. The van der Waals surface area contributed by atoms with Crippen molar-refractivity contribution in [3.63, 3.8) is 0 Å². The number of rotatable bonds is 4. The van der Waals surface area contributed by atoms with E-state index in [9.17, 15) is 9.59 Å². The molecule has 2 amide bonds. The lowest BCUT2D eigenvalue weighted by atomic mass is 10.1. The van der Waals surface area contributed by atoms with Crippen molar-refractivity contribution in [1.29, 1.82) is 0 Å². The molecule has 1 aromatic carbocycles. The Kier molecular flexibility index (Phi) is 4.81. The van der Waals surface area contributed by atoms with Crippen LogP contribution in [0.3, 0.4) is 0 Å². The number of carbonyl (C=O) groups is 2. The van der Waals surface area contributed by atoms with Crippen LogP contribution in [0.25, 0.3) is 10.9 Å². The zero-order valence-corrected chi connectivity index (χ0v) is 16.0. The largest absolute Gasteiger partial charge is 0.497 e. The molecule has 0 unspecified atom stereocenters. The second-order valence-electron chi connectivity index (χ2n) is 6.97. The number of hydrogen-bond acceptors (Lipinski definition) is 4. The molecule has 0 radical (unpaired) electrons. The summed E-state index contributed by atoms with van der Waals surface area (Å²) in [5.41, 5.74) is 2.98. The van der Waals surface area contributed by atoms with Crippen LogP contribution in [0, 0.1) is 6.92 Å². The summed E-state index contributed by atoms with van der Waals surface area (Å²) in [7, 11) is 1.63. The first-order chi connectivity index (χ1) is 13.6. The van der Waals surface area contributed by atoms with Crippen molar-refractivity contribution in [2.45, 2.75) is 13.3 Å². The molecule has 0 bridgehead atoms. The molecule has 1 saturated heterocycles. The third kappa shape index (κ3) is 3.35. The number of nitrogens with one attached hydrogen (secondary N) is 1. The van der Waals surface area contributed by atoms with E-state index in [1.54, 1.807) is 24.1 Å². The molecule has 3 aromatic rings. The molecule has 4 rings (SSSR count). The maximum atomic E-state index is 12.9. The molecular weight excluding hydrogens is 358 g/mol. The van der Waals surface area contributed by atoms with Gasteiger partial charge in [-0.05, 0) is 42.8 Å². The summed E-state index contributed by atoms with van der Waals surface area (Å²) in [5, 5.41) is 1.01. The van der Waals surface area contributed by atoms with Gasteiger partial charge in [-0.3, -0.25) is 9.59 Å². The monoisotopic (exact) mass is 381 g/mol. The minimum absolute atomic E-state index is 0.0666. The van der Waals surface area contributed by atoms with Crippen LogP contribution in [0.15, 0.2) is 41.0 Å². The van der Waals surface area contributed by atoms with E-state index in [0.29, 0.717) is 38.4 Å². The fourth-order valence-electron chi connectivity index (χ4n) is 3.69. The van der Waals surface area contributed by atoms with Gasteiger partial charge < -0.3 is 23.9 Å². The number of methoxy groups -OCH3 is 1. The number of piperazine rings is 1. The van der Waals surface area contributed by atoms with Crippen LogP contribution in [-0.4, -0.2) is 59.9 Å². The predicted octanol–water partition coefficient (Wildman–Crippen LogP) is 2.61. The minimum Gasteiger partial charge on any atom is -0.497 e. The number of fused-ring (bicyclic) bond motifs is 1. The number of aryl methyl sites for hydroxylation is 1. The van der Waals surface area contributed by atoms with Crippen molar-refractivity contribution in [3.8, 4) is 5.75 Å². The Labute approximate surface area is 162 Å². The van der Waals surface area contributed by atoms with Gasteiger partial charge in [0.25, 0.3) is 5.91 Å². The van der Waals surface area contributed by atoms with E-state index in [2.05, 4.69) is 4.98 Å². The summed E-state index contributed by atoms with van der Waals surface area (Å²) in [5.74, 6) is 1.04. The van der Waals surface area contributed by atoms with Crippen molar-refractivity contribution in [2.24, 2.45) is 0 Å². The molecule has 7 nitrogen and oxygen atoms in total. The molecule has 3 heterocycles. The number of aromatic nitrogens is 1. The standard InChI is InChI=1S/C21H23N3O4/c1-14-16(17-12-15(27-2)5-6-18(17)22-14)13-20(25)23-7-9-24(10-8-23)21(26)19-4-3-11-28-19/h3-6,11-12,22H,7-10,13H2,1-2H3. The first-order valence-corrected chi connectivity index (χ1v) is 9.32. The summed E-state index contributed by atoms with van der Waals surface area (Å²) in [6.45, 7) is 4.04. The number of H-pyrrole nitrogens is 1. The molecule has 146 valence electrons. The van der Waals surface area contributed by atoms with Crippen LogP contribution < -0.4 is 4.74 Å². The zero-order chi connectivity index (χ0) is 19.7. The van der Waals surface area contributed by atoms with Gasteiger partial charge in [-0.15, -0.1) is 0 Å². The van der Waals surface area contributed by atoms with E-state index in [0.717, 1.165) is 27.9 Å². The number of amides is 2. The van der Waals surface area contributed by atoms with E-state index in [-0.39, 0.29) is 11.8 Å². The molecule has 0 atom stereocenters. The SMILES string of the molecule is COc1ccc2[nH]c(C)c(CC(=O)N3CCN(C(=O)c4ccco4)CC3)c2c1. The minimum atomic E-state index is -0.128. The Morgan fingerprint density at radius 2 is 1.89 bits per heavy atom. The fourth-order valence-corrected chi connectivity index (χ4v) is 3.69. The molecule has 1 aliphatic rings. The van der Waals surface area contributed by atoms with Crippen LogP contribution in [0.5, 0.6) is 5.75 Å². The van der Waals surface area contributed by atoms with Crippen LogP contribution in [-0.2, 0) is 11.2 Å². The predicted molar refractivity (Wildman–Crippen MR) is 104 cm³/mol. The van der Waals surface area contributed by atoms with Gasteiger partial charge in [-0.25, -0.2) is 0 Å². The van der Waals surface area contributed by atoms with Gasteiger partial charge in [-0.2, -0.15) is 0 Å². The van der Waals surface area contributed by atoms with Crippen molar-refractivity contribution in [2.75, 3.05) is 33.3 Å². The van der Waals surface area contributed by atoms with Crippen LogP contribution in [0.4, 0.5) is 0 Å². The smallest absolute Gasteiger partial charge is 0.289 e. The Bertz CT molecular complexity index is 998.